The summed E-state index contributed by atoms with van der Waals surface area (Å²) in [5, 5.41) is 0. The lowest BCUT2D eigenvalue weighted by atomic mass is 10.6. The maximum Gasteiger partial charge on any atom is 0.117 e. The molecule has 0 aromatic rings. The number of methoxy groups -OCH3 is 1. The van der Waals surface area contributed by atoms with Crippen LogP contribution in [0.25, 0.3) is 0 Å². The summed E-state index contributed by atoms with van der Waals surface area (Å²) in [6, 6.07) is 0. The largest absolute Gasteiger partial charge is 0.365 e. The minimum atomic E-state index is -0.287. The molecule has 0 radical (unpaired) electrons. The average Bonchev–Trinajstić information content (AvgIpc) is 1.65. The molecule has 0 saturated carbocycles. The minimum Gasteiger partial charge on any atom is -0.365 e. The normalized spacial score (nSPS) is 14.5. The van der Waals surface area contributed by atoms with Gasteiger partial charge in [0.25, 0.3) is 0 Å². The summed E-state index contributed by atoms with van der Waals surface area (Å²) in [5.41, 5.74) is 10.2. The Kier molecular flexibility index (Phi) is 3.02. The van der Waals surface area contributed by atoms with Gasteiger partial charge in [-0.05, 0) is 0 Å². The molecule has 0 saturated heterocycles. The molecule has 0 spiro atoms. The van der Waals surface area contributed by atoms with Crippen molar-refractivity contribution in [3.63, 3.8) is 0 Å². The van der Waals surface area contributed by atoms with Crippen molar-refractivity contribution in [1.29, 1.82) is 0 Å². The van der Waals surface area contributed by atoms with Crippen LogP contribution in [-0.2, 0) is 4.74 Å². The maximum absolute atomic E-state index is 5.12. The Bertz CT molecular complexity index is 28.0. The first-order valence-corrected chi connectivity index (χ1v) is 1.79. The summed E-state index contributed by atoms with van der Waals surface area (Å²) >= 11 is 0. The first kappa shape index (κ1) is 5.88. The first-order chi connectivity index (χ1) is 2.81. The molecule has 0 aromatic carbocycles. The molecule has 3 heteroatoms. The van der Waals surface area contributed by atoms with Crippen molar-refractivity contribution >= 4 is 0 Å². The van der Waals surface area contributed by atoms with E-state index in [0.29, 0.717) is 6.54 Å². The smallest absolute Gasteiger partial charge is 0.117 e. The quantitative estimate of drug-likeness (QED) is 0.422. The zero-order valence-corrected chi connectivity index (χ0v) is 3.85. The van der Waals surface area contributed by atoms with E-state index in [2.05, 4.69) is 4.74 Å². The zero-order chi connectivity index (χ0) is 4.99. The Hall–Kier alpha value is -0.120. The summed E-state index contributed by atoms with van der Waals surface area (Å²) in [6.45, 7) is 0.385. The molecule has 0 aliphatic carbocycles. The lowest BCUT2D eigenvalue weighted by Gasteiger charge is -2.01. The molecule has 0 rings (SSSR count). The van der Waals surface area contributed by atoms with Crippen molar-refractivity contribution in [3.8, 4) is 0 Å². The molecule has 6 heavy (non-hydrogen) atoms. The van der Waals surface area contributed by atoms with Gasteiger partial charge in [0, 0.05) is 13.7 Å². The molecule has 4 N–H and O–H groups in total. The predicted molar refractivity (Wildman–Crippen MR) is 24.0 cm³/mol. The van der Waals surface area contributed by atoms with Crippen LogP contribution in [-0.4, -0.2) is 19.9 Å². The van der Waals surface area contributed by atoms with Crippen molar-refractivity contribution in [2.45, 2.75) is 6.23 Å². The molecule has 1 atom stereocenters. The molecular weight excluding hydrogens is 80.0 g/mol. The van der Waals surface area contributed by atoms with Crippen molar-refractivity contribution in [1.82, 2.24) is 0 Å². The molecular formula is C3H10N2O. The standard InChI is InChI=1S/C3H10N2O/c1-6-3(5)2-4/h3H,2,4-5H2,1H3. The average molecular weight is 90.1 g/mol. The van der Waals surface area contributed by atoms with Gasteiger partial charge in [-0.3, -0.25) is 0 Å². The van der Waals surface area contributed by atoms with E-state index >= 15 is 0 Å². The van der Waals surface area contributed by atoms with Crippen molar-refractivity contribution < 1.29 is 4.74 Å². The fourth-order valence-corrected chi connectivity index (χ4v) is 0.0962. The summed E-state index contributed by atoms with van der Waals surface area (Å²) in [4.78, 5) is 0. The van der Waals surface area contributed by atoms with Gasteiger partial charge in [0.1, 0.15) is 6.23 Å². The third kappa shape index (κ3) is 2.14. The Morgan fingerprint density at radius 3 is 2.33 bits per heavy atom. The molecule has 3 nitrogen and oxygen atoms in total. The Morgan fingerprint density at radius 1 is 1.83 bits per heavy atom. The lowest BCUT2D eigenvalue weighted by molar-refractivity contribution is 0.115. The van der Waals surface area contributed by atoms with Crippen LogP contribution in [0, 0.1) is 0 Å². The lowest BCUT2D eigenvalue weighted by Crippen LogP contribution is -2.30. The summed E-state index contributed by atoms with van der Waals surface area (Å²) in [5.74, 6) is 0. The molecule has 0 aromatic heterocycles. The second-order valence-electron chi connectivity index (χ2n) is 1.01. The molecule has 0 heterocycles. The van der Waals surface area contributed by atoms with E-state index in [9.17, 15) is 0 Å². The second kappa shape index (κ2) is 3.08. The monoisotopic (exact) mass is 90.1 g/mol. The molecule has 0 aliphatic heterocycles. The number of ether oxygens (including phenoxy) is 1. The van der Waals surface area contributed by atoms with E-state index in [4.69, 9.17) is 11.5 Å². The number of hydrogen-bond acceptors (Lipinski definition) is 3. The van der Waals surface area contributed by atoms with Gasteiger partial charge < -0.3 is 16.2 Å². The molecule has 38 valence electrons. The number of hydrogen-bond donors (Lipinski definition) is 2. The number of rotatable bonds is 2. The summed E-state index contributed by atoms with van der Waals surface area (Å²) in [6.07, 6.45) is -0.287. The molecule has 0 aliphatic rings. The van der Waals surface area contributed by atoms with E-state index in [-0.39, 0.29) is 6.23 Å². The van der Waals surface area contributed by atoms with Gasteiger partial charge in [-0.1, -0.05) is 0 Å². The highest BCUT2D eigenvalue weighted by atomic mass is 16.5. The Labute approximate surface area is 37.3 Å². The topological polar surface area (TPSA) is 61.3 Å². The van der Waals surface area contributed by atoms with Crippen molar-refractivity contribution in [2.24, 2.45) is 11.5 Å². The third-order valence-electron chi connectivity index (χ3n) is 0.535. The van der Waals surface area contributed by atoms with Crippen molar-refractivity contribution in [2.75, 3.05) is 13.7 Å². The van der Waals surface area contributed by atoms with Gasteiger partial charge in [0.15, 0.2) is 0 Å². The SMILES string of the molecule is COC(N)CN. The highest BCUT2D eigenvalue weighted by Crippen LogP contribution is 1.67. The highest BCUT2D eigenvalue weighted by molar-refractivity contribution is 4.41. The van der Waals surface area contributed by atoms with Crippen LogP contribution in [0.15, 0.2) is 0 Å². The fourth-order valence-electron chi connectivity index (χ4n) is 0.0962. The van der Waals surface area contributed by atoms with E-state index in [0.717, 1.165) is 0 Å². The van der Waals surface area contributed by atoms with Crippen LogP contribution < -0.4 is 11.5 Å². The van der Waals surface area contributed by atoms with E-state index < -0.39 is 0 Å². The predicted octanol–water partition coefficient (Wildman–Crippen LogP) is -1.12. The van der Waals surface area contributed by atoms with Crippen molar-refractivity contribution in [3.05, 3.63) is 0 Å². The van der Waals surface area contributed by atoms with Gasteiger partial charge in [0.2, 0.25) is 0 Å². The fraction of sp³-hybridized carbons (Fsp3) is 1.00. The van der Waals surface area contributed by atoms with Crippen LogP contribution in [0.5, 0.6) is 0 Å². The molecule has 0 bridgehead atoms. The first-order valence-electron chi connectivity index (χ1n) is 1.79. The second-order valence-corrected chi connectivity index (χ2v) is 1.01. The zero-order valence-electron chi connectivity index (χ0n) is 3.85. The summed E-state index contributed by atoms with van der Waals surface area (Å²) in [7, 11) is 1.53. The minimum absolute atomic E-state index is 0.287. The van der Waals surface area contributed by atoms with Crippen LogP contribution in [0.3, 0.4) is 0 Å². The van der Waals surface area contributed by atoms with Gasteiger partial charge in [0.05, 0.1) is 0 Å². The summed E-state index contributed by atoms with van der Waals surface area (Å²) < 4.78 is 4.55. The molecule has 1 unspecified atom stereocenters. The van der Waals surface area contributed by atoms with Crippen LogP contribution in [0.1, 0.15) is 0 Å². The van der Waals surface area contributed by atoms with E-state index in [1.165, 1.54) is 7.11 Å². The third-order valence-corrected chi connectivity index (χ3v) is 0.535. The molecule has 0 fully saturated rings. The maximum atomic E-state index is 5.12. The van der Waals surface area contributed by atoms with E-state index in [1.54, 1.807) is 0 Å². The van der Waals surface area contributed by atoms with Crippen LogP contribution in [0.4, 0.5) is 0 Å². The van der Waals surface area contributed by atoms with Gasteiger partial charge in [-0.15, -0.1) is 0 Å². The Balaban J connectivity index is 2.75. The van der Waals surface area contributed by atoms with Gasteiger partial charge >= 0.3 is 0 Å². The van der Waals surface area contributed by atoms with E-state index in [1.807, 2.05) is 0 Å². The number of nitrogens with two attached hydrogens (primary N) is 2. The highest BCUT2D eigenvalue weighted by Gasteiger charge is 1.88. The van der Waals surface area contributed by atoms with Gasteiger partial charge in [-0.2, -0.15) is 0 Å². The van der Waals surface area contributed by atoms with Crippen LogP contribution in [0.2, 0.25) is 0 Å². The molecule has 0 amide bonds. The Morgan fingerprint density at radius 2 is 2.33 bits per heavy atom. The van der Waals surface area contributed by atoms with Gasteiger partial charge in [-0.25, -0.2) is 0 Å². The van der Waals surface area contributed by atoms with Crippen LogP contribution >= 0.6 is 0 Å².